The third-order valence-corrected chi connectivity index (χ3v) is 9.51. The van der Waals surface area contributed by atoms with Crippen LogP contribution in [0.15, 0.2) is 9.42 Å². The third-order valence-electron chi connectivity index (χ3n) is 7.37. The van der Waals surface area contributed by atoms with Gasteiger partial charge in [0.2, 0.25) is 15.9 Å². The van der Waals surface area contributed by atoms with Crippen LogP contribution in [0.4, 0.5) is 0 Å². The molecule has 32 heavy (non-hydrogen) atoms. The molecule has 2 fully saturated rings. The maximum atomic E-state index is 13.0. The van der Waals surface area contributed by atoms with E-state index >= 15 is 0 Å². The SMILES string of the molecule is Cc1noc(C)c1S(=O)(=O)N1CCC([C@@H](C)C(=O)NCCCN(C)C2CCCCC2)CC1. The zero-order chi connectivity index (χ0) is 23.3. The molecule has 3 rings (SSSR count). The Kier molecular flexibility index (Phi) is 8.75. The first-order chi connectivity index (χ1) is 15.2. The Bertz CT molecular complexity index is 836. The largest absolute Gasteiger partial charge is 0.360 e. The molecule has 1 aliphatic heterocycles. The molecule has 0 unspecified atom stereocenters. The lowest BCUT2D eigenvalue weighted by atomic mass is 9.85. The number of carbonyl (C=O) groups excluding carboxylic acids is 1. The van der Waals surface area contributed by atoms with Crippen LogP contribution in [0.5, 0.6) is 0 Å². The van der Waals surface area contributed by atoms with Gasteiger partial charge in [0.05, 0.1) is 0 Å². The molecule has 2 aliphatic rings. The second kappa shape index (κ2) is 11.1. The second-order valence-electron chi connectivity index (χ2n) is 9.60. The van der Waals surface area contributed by atoms with Crippen LogP contribution in [0, 0.1) is 25.7 Å². The topological polar surface area (TPSA) is 95.8 Å². The van der Waals surface area contributed by atoms with E-state index in [0.717, 1.165) is 13.0 Å². The van der Waals surface area contributed by atoms with E-state index in [1.165, 1.54) is 36.4 Å². The molecule has 1 saturated carbocycles. The van der Waals surface area contributed by atoms with Crippen molar-refractivity contribution in [2.75, 3.05) is 33.2 Å². The zero-order valence-corrected chi connectivity index (χ0v) is 20.9. The van der Waals surface area contributed by atoms with Crippen molar-refractivity contribution < 1.29 is 17.7 Å². The fraction of sp³-hybridized carbons (Fsp3) is 0.826. The number of amides is 1. The summed E-state index contributed by atoms with van der Waals surface area (Å²) in [7, 11) is -1.41. The van der Waals surface area contributed by atoms with E-state index in [0.29, 0.717) is 50.0 Å². The van der Waals surface area contributed by atoms with Gasteiger partial charge in [-0.15, -0.1) is 0 Å². The highest BCUT2D eigenvalue weighted by molar-refractivity contribution is 7.89. The molecule has 1 aromatic rings. The minimum absolute atomic E-state index is 0.0809. The highest BCUT2D eigenvalue weighted by Gasteiger charge is 2.36. The van der Waals surface area contributed by atoms with E-state index in [4.69, 9.17) is 4.52 Å². The quantitative estimate of drug-likeness (QED) is 0.560. The van der Waals surface area contributed by atoms with Gasteiger partial charge in [0.25, 0.3) is 0 Å². The van der Waals surface area contributed by atoms with Crippen molar-refractivity contribution in [2.24, 2.45) is 11.8 Å². The molecule has 182 valence electrons. The van der Waals surface area contributed by atoms with Crippen LogP contribution in [0.25, 0.3) is 0 Å². The summed E-state index contributed by atoms with van der Waals surface area (Å²) < 4.78 is 32.5. The average Bonchev–Trinajstić information content (AvgIpc) is 3.15. The maximum absolute atomic E-state index is 13.0. The summed E-state index contributed by atoms with van der Waals surface area (Å²) in [5.74, 6) is 0.481. The highest BCUT2D eigenvalue weighted by atomic mass is 32.2. The predicted molar refractivity (Wildman–Crippen MR) is 124 cm³/mol. The summed E-state index contributed by atoms with van der Waals surface area (Å²) in [5.41, 5.74) is 0.395. The smallest absolute Gasteiger partial charge is 0.248 e. The van der Waals surface area contributed by atoms with E-state index in [1.807, 2.05) is 6.92 Å². The minimum Gasteiger partial charge on any atom is -0.360 e. The van der Waals surface area contributed by atoms with Gasteiger partial charge in [-0.2, -0.15) is 4.31 Å². The van der Waals surface area contributed by atoms with E-state index in [1.54, 1.807) is 13.8 Å². The molecular formula is C23H40N4O4S. The third kappa shape index (κ3) is 5.91. The van der Waals surface area contributed by atoms with Crippen molar-refractivity contribution in [3.8, 4) is 0 Å². The molecule has 1 aromatic heterocycles. The summed E-state index contributed by atoms with van der Waals surface area (Å²) in [6.07, 6.45) is 8.95. The fourth-order valence-electron chi connectivity index (χ4n) is 5.21. The summed E-state index contributed by atoms with van der Waals surface area (Å²) in [5, 5.41) is 6.88. The fourth-order valence-corrected chi connectivity index (χ4v) is 6.97. The van der Waals surface area contributed by atoms with Gasteiger partial charge in [0, 0.05) is 31.6 Å². The van der Waals surface area contributed by atoms with Gasteiger partial charge < -0.3 is 14.7 Å². The molecule has 0 spiro atoms. The highest BCUT2D eigenvalue weighted by Crippen LogP contribution is 2.30. The van der Waals surface area contributed by atoms with Gasteiger partial charge >= 0.3 is 0 Å². The van der Waals surface area contributed by atoms with Gasteiger partial charge in [0.1, 0.15) is 10.6 Å². The summed E-state index contributed by atoms with van der Waals surface area (Å²) in [6.45, 7) is 7.78. The number of hydrogen-bond donors (Lipinski definition) is 1. The van der Waals surface area contributed by atoms with Crippen molar-refractivity contribution in [3.05, 3.63) is 11.5 Å². The number of aryl methyl sites for hydroxylation is 2. The normalized spacial score (nSPS) is 20.5. The number of piperidine rings is 1. The van der Waals surface area contributed by atoms with E-state index in [-0.39, 0.29) is 22.6 Å². The molecule has 1 saturated heterocycles. The lowest BCUT2D eigenvalue weighted by Crippen LogP contribution is -2.43. The van der Waals surface area contributed by atoms with Crippen LogP contribution < -0.4 is 5.32 Å². The van der Waals surface area contributed by atoms with Crippen LogP contribution in [0.2, 0.25) is 0 Å². The number of carbonyl (C=O) groups is 1. The van der Waals surface area contributed by atoms with Gasteiger partial charge in [-0.25, -0.2) is 8.42 Å². The van der Waals surface area contributed by atoms with E-state index in [9.17, 15) is 13.2 Å². The van der Waals surface area contributed by atoms with Crippen molar-refractivity contribution in [1.29, 1.82) is 0 Å². The summed E-state index contributed by atoms with van der Waals surface area (Å²) >= 11 is 0. The lowest BCUT2D eigenvalue weighted by molar-refractivity contribution is -0.126. The van der Waals surface area contributed by atoms with Crippen LogP contribution in [-0.2, 0) is 14.8 Å². The number of hydrogen-bond acceptors (Lipinski definition) is 6. The lowest BCUT2D eigenvalue weighted by Gasteiger charge is -2.33. The molecule has 0 radical (unpaired) electrons. The minimum atomic E-state index is -3.61. The Morgan fingerprint density at radius 2 is 1.84 bits per heavy atom. The van der Waals surface area contributed by atoms with Gasteiger partial charge in [0.15, 0.2) is 5.76 Å². The van der Waals surface area contributed by atoms with Gasteiger partial charge in [-0.05, 0) is 65.5 Å². The number of nitrogens with one attached hydrogen (secondary N) is 1. The van der Waals surface area contributed by atoms with E-state index in [2.05, 4.69) is 22.4 Å². The molecule has 0 aromatic carbocycles. The average molecular weight is 469 g/mol. The number of rotatable bonds is 9. The second-order valence-corrected chi connectivity index (χ2v) is 11.5. The van der Waals surface area contributed by atoms with Crippen molar-refractivity contribution in [2.45, 2.75) is 83.1 Å². The van der Waals surface area contributed by atoms with Gasteiger partial charge in [-0.3, -0.25) is 4.79 Å². The van der Waals surface area contributed by atoms with Crippen molar-refractivity contribution >= 4 is 15.9 Å². The molecule has 0 bridgehead atoms. The van der Waals surface area contributed by atoms with Crippen molar-refractivity contribution in [1.82, 2.24) is 19.7 Å². The van der Waals surface area contributed by atoms with Crippen molar-refractivity contribution in [3.63, 3.8) is 0 Å². The monoisotopic (exact) mass is 468 g/mol. The Labute approximate surface area is 193 Å². The number of nitrogens with zero attached hydrogens (tertiary/aromatic N) is 3. The molecule has 9 heteroatoms. The summed E-state index contributed by atoms with van der Waals surface area (Å²) in [4.78, 5) is 15.3. The first kappa shape index (κ1) is 25.2. The first-order valence-corrected chi connectivity index (χ1v) is 13.6. The Hall–Kier alpha value is -1.45. The van der Waals surface area contributed by atoms with Crippen LogP contribution in [-0.4, -0.2) is 68.0 Å². The number of sulfonamides is 1. The predicted octanol–water partition coefficient (Wildman–Crippen LogP) is 3.10. The van der Waals surface area contributed by atoms with Gasteiger partial charge in [-0.1, -0.05) is 31.3 Å². The molecule has 1 atom stereocenters. The number of aromatic nitrogens is 1. The first-order valence-electron chi connectivity index (χ1n) is 12.1. The van der Waals surface area contributed by atoms with E-state index < -0.39 is 10.0 Å². The molecular weight excluding hydrogens is 428 g/mol. The van der Waals surface area contributed by atoms with Crippen LogP contribution in [0.3, 0.4) is 0 Å². The summed E-state index contributed by atoms with van der Waals surface area (Å²) in [6, 6.07) is 0.699. The molecule has 2 heterocycles. The molecule has 1 aliphatic carbocycles. The maximum Gasteiger partial charge on any atom is 0.248 e. The Balaban J connectivity index is 1.40. The Morgan fingerprint density at radius 1 is 1.19 bits per heavy atom. The molecule has 8 nitrogen and oxygen atoms in total. The molecule has 1 amide bonds. The Morgan fingerprint density at radius 3 is 2.44 bits per heavy atom. The van der Waals surface area contributed by atoms with Crippen LogP contribution in [0.1, 0.15) is 69.7 Å². The standard InChI is InChI=1S/C23H40N4O4S/c1-17(23(28)24-13-8-14-26(4)21-9-6-5-7-10-21)20-11-15-27(16-12-20)32(29,30)22-18(2)25-31-19(22)3/h17,20-21H,5-16H2,1-4H3,(H,24,28)/t17-/m1/s1. The molecule has 1 N–H and O–H groups in total. The van der Waals surface area contributed by atoms with Crippen LogP contribution >= 0.6 is 0 Å². The zero-order valence-electron chi connectivity index (χ0n) is 20.1.